The maximum atomic E-state index is 12.9. The first-order chi connectivity index (χ1) is 12.5. The Morgan fingerprint density at radius 3 is 2.23 bits per heavy atom. The summed E-state index contributed by atoms with van der Waals surface area (Å²) in [6.07, 6.45) is 3.04. The Morgan fingerprint density at radius 2 is 1.69 bits per heavy atom. The molecule has 0 N–H and O–H groups in total. The zero-order valence-corrected chi connectivity index (χ0v) is 15.3. The number of piperazine rings is 1. The van der Waals surface area contributed by atoms with E-state index in [2.05, 4.69) is 0 Å². The molecule has 0 saturated carbocycles. The first kappa shape index (κ1) is 18.1. The maximum absolute atomic E-state index is 12.9. The molecule has 0 aliphatic carbocycles. The third-order valence-electron chi connectivity index (χ3n) is 4.61. The van der Waals surface area contributed by atoms with Crippen molar-refractivity contribution in [3.63, 3.8) is 0 Å². The average Bonchev–Trinajstić information content (AvgIpc) is 3.15. The molecule has 2 saturated heterocycles. The van der Waals surface area contributed by atoms with Crippen LogP contribution in [0.3, 0.4) is 0 Å². The van der Waals surface area contributed by atoms with E-state index >= 15 is 0 Å². The van der Waals surface area contributed by atoms with E-state index in [4.69, 9.17) is 19.0 Å². The van der Waals surface area contributed by atoms with Crippen LogP contribution in [0.25, 0.3) is 6.08 Å². The van der Waals surface area contributed by atoms with E-state index in [0.717, 1.165) is 11.5 Å². The highest BCUT2D eigenvalue weighted by Crippen LogP contribution is 2.39. The fourth-order valence-corrected chi connectivity index (χ4v) is 3.41. The van der Waals surface area contributed by atoms with Crippen molar-refractivity contribution in [3.8, 4) is 17.2 Å². The monoisotopic (exact) mass is 362 g/mol. The summed E-state index contributed by atoms with van der Waals surface area (Å²) in [6, 6.07) is 2.96. The number of amides is 2. The van der Waals surface area contributed by atoms with Gasteiger partial charge in [-0.3, -0.25) is 14.4 Å². The Labute approximate surface area is 151 Å². The molecule has 8 heteroatoms. The van der Waals surface area contributed by atoms with Crippen molar-refractivity contribution in [1.82, 2.24) is 9.96 Å². The number of carbonyl (C=O) groups excluding carboxylic acids is 2. The van der Waals surface area contributed by atoms with Gasteiger partial charge in [-0.25, -0.2) is 0 Å². The number of hydrogen-bond donors (Lipinski definition) is 0. The van der Waals surface area contributed by atoms with Crippen molar-refractivity contribution >= 4 is 17.9 Å². The van der Waals surface area contributed by atoms with Gasteiger partial charge in [0.2, 0.25) is 5.75 Å². The number of methoxy groups -OCH3 is 3. The number of nitrogens with zero attached hydrogens (tertiary/aromatic N) is 2. The minimum atomic E-state index is -0.445. The van der Waals surface area contributed by atoms with Crippen LogP contribution in [0.4, 0.5) is 0 Å². The van der Waals surface area contributed by atoms with Crippen LogP contribution >= 0.6 is 0 Å². The predicted molar refractivity (Wildman–Crippen MR) is 92.7 cm³/mol. The number of carbonyl (C=O) groups is 2. The number of fused-ring (bicyclic) bond motifs is 1. The third kappa shape index (κ3) is 2.86. The number of hydroxylamine groups is 2. The van der Waals surface area contributed by atoms with Crippen LogP contribution in [0.5, 0.6) is 17.2 Å². The zero-order valence-electron chi connectivity index (χ0n) is 15.3. The predicted octanol–water partition coefficient (Wildman–Crippen LogP) is 1.45. The van der Waals surface area contributed by atoms with Gasteiger partial charge in [0.25, 0.3) is 11.8 Å². The average molecular weight is 362 g/mol. The fourth-order valence-electron chi connectivity index (χ4n) is 3.41. The molecule has 2 fully saturated rings. The van der Waals surface area contributed by atoms with Gasteiger partial charge in [-0.2, -0.15) is 5.06 Å². The lowest BCUT2D eigenvalue weighted by atomic mass is 10.1. The Kier molecular flexibility index (Phi) is 5.03. The molecule has 140 valence electrons. The minimum absolute atomic E-state index is 0.157. The molecule has 1 aromatic rings. The summed E-state index contributed by atoms with van der Waals surface area (Å²) >= 11 is 0. The summed E-state index contributed by atoms with van der Waals surface area (Å²) in [5.74, 6) is 0.894. The lowest BCUT2D eigenvalue weighted by Crippen LogP contribution is -2.55. The second-order valence-electron chi connectivity index (χ2n) is 5.96. The highest BCUT2D eigenvalue weighted by Gasteiger charge is 2.45. The molecule has 1 atom stereocenters. The first-order valence-electron chi connectivity index (χ1n) is 8.26. The molecule has 2 amide bonds. The van der Waals surface area contributed by atoms with E-state index in [-0.39, 0.29) is 17.5 Å². The van der Waals surface area contributed by atoms with Gasteiger partial charge in [0, 0.05) is 6.54 Å². The van der Waals surface area contributed by atoms with Crippen molar-refractivity contribution in [2.75, 3.05) is 35.0 Å². The topological polar surface area (TPSA) is 77.5 Å². The van der Waals surface area contributed by atoms with E-state index in [0.29, 0.717) is 35.8 Å². The smallest absolute Gasteiger partial charge is 0.273 e. The Hall–Kier alpha value is -2.74. The van der Waals surface area contributed by atoms with E-state index < -0.39 is 6.04 Å². The molecular weight excluding hydrogens is 340 g/mol. The summed E-state index contributed by atoms with van der Waals surface area (Å²) in [5, 5.41) is 1.07. The quantitative estimate of drug-likeness (QED) is 0.738. The molecule has 0 unspecified atom stereocenters. The van der Waals surface area contributed by atoms with Crippen molar-refractivity contribution in [2.24, 2.45) is 0 Å². The number of hydrogen-bond acceptors (Lipinski definition) is 6. The molecule has 8 nitrogen and oxygen atoms in total. The molecule has 2 aliphatic rings. The Balaban J connectivity index is 2.07. The first-order valence-corrected chi connectivity index (χ1v) is 8.26. The third-order valence-corrected chi connectivity index (χ3v) is 4.61. The number of ether oxygens (including phenoxy) is 3. The van der Waals surface area contributed by atoms with Gasteiger partial charge in [-0.1, -0.05) is 0 Å². The van der Waals surface area contributed by atoms with Crippen molar-refractivity contribution < 1.29 is 28.6 Å². The largest absolute Gasteiger partial charge is 0.493 e. The molecule has 0 radical (unpaired) electrons. The molecule has 2 heterocycles. The van der Waals surface area contributed by atoms with Crippen LogP contribution in [-0.2, 0) is 14.4 Å². The maximum Gasteiger partial charge on any atom is 0.273 e. The van der Waals surface area contributed by atoms with Gasteiger partial charge in [-0.05, 0) is 36.6 Å². The van der Waals surface area contributed by atoms with Crippen LogP contribution < -0.4 is 14.2 Å². The van der Waals surface area contributed by atoms with E-state index in [1.54, 1.807) is 23.1 Å². The van der Waals surface area contributed by atoms with Crippen LogP contribution in [0.2, 0.25) is 0 Å². The number of benzene rings is 1. The molecule has 3 rings (SSSR count). The van der Waals surface area contributed by atoms with Crippen LogP contribution in [-0.4, -0.2) is 62.8 Å². The highest BCUT2D eigenvalue weighted by atomic mass is 16.7. The van der Waals surface area contributed by atoms with Gasteiger partial charge < -0.3 is 19.1 Å². The second kappa shape index (κ2) is 7.25. The van der Waals surface area contributed by atoms with Crippen molar-refractivity contribution in [3.05, 3.63) is 23.4 Å². The molecular formula is C18H22N2O6. The lowest BCUT2D eigenvalue weighted by Gasteiger charge is -2.36. The standard InChI is InChI=1S/C18H22N2O6/c1-23-14-9-11(10-15(24-2)16(14)25-3)8-13-17(21)19-7-5-6-12(19)18(22)20(13)26-4/h8-10,12H,5-7H2,1-4H3/b13-8+/t12-/m0/s1. The van der Waals surface area contributed by atoms with Gasteiger partial charge in [0.15, 0.2) is 11.5 Å². The molecule has 1 aromatic carbocycles. The van der Waals surface area contributed by atoms with Crippen molar-refractivity contribution in [1.29, 1.82) is 0 Å². The minimum Gasteiger partial charge on any atom is -0.493 e. The van der Waals surface area contributed by atoms with Gasteiger partial charge in [0.05, 0.1) is 28.4 Å². The zero-order chi connectivity index (χ0) is 18.8. The fraction of sp³-hybridized carbons (Fsp3) is 0.444. The highest BCUT2D eigenvalue weighted by molar-refractivity contribution is 6.07. The normalized spacial score (nSPS) is 21.2. The molecule has 26 heavy (non-hydrogen) atoms. The van der Waals surface area contributed by atoms with E-state index in [1.165, 1.54) is 28.4 Å². The molecule has 0 aromatic heterocycles. The van der Waals surface area contributed by atoms with Crippen molar-refractivity contribution in [2.45, 2.75) is 18.9 Å². The van der Waals surface area contributed by atoms with Gasteiger partial charge in [0.1, 0.15) is 11.7 Å². The molecule has 0 bridgehead atoms. The van der Waals surface area contributed by atoms with Gasteiger partial charge >= 0.3 is 0 Å². The second-order valence-corrected chi connectivity index (χ2v) is 5.96. The van der Waals surface area contributed by atoms with Gasteiger partial charge in [-0.15, -0.1) is 0 Å². The summed E-state index contributed by atoms with van der Waals surface area (Å²) in [5.41, 5.74) is 0.778. The van der Waals surface area contributed by atoms with E-state index in [9.17, 15) is 9.59 Å². The summed E-state index contributed by atoms with van der Waals surface area (Å²) in [7, 11) is 5.92. The van der Waals surface area contributed by atoms with Crippen LogP contribution in [0, 0.1) is 0 Å². The van der Waals surface area contributed by atoms with Crippen LogP contribution in [0.1, 0.15) is 18.4 Å². The van der Waals surface area contributed by atoms with E-state index in [1.807, 2.05) is 0 Å². The summed E-state index contributed by atoms with van der Waals surface area (Å²) < 4.78 is 16.0. The Morgan fingerprint density at radius 1 is 1.04 bits per heavy atom. The number of rotatable bonds is 5. The molecule has 2 aliphatic heterocycles. The summed E-state index contributed by atoms with van der Waals surface area (Å²) in [6.45, 7) is 0.569. The summed E-state index contributed by atoms with van der Waals surface area (Å²) in [4.78, 5) is 32.3. The molecule has 0 spiro atoms. The Bertz CT molecular complexity index is 735. The lowest BCUT2D eigenvalue weighted by molar-refractivity contribution is -0.182. The van der Waals surface area contributed by atoms with Crippen LogP contribution in [0.15, 0.2) is 17.8 Å². The SMILES string of the molecule is COc1cc(/C=C2\C(=O)N3CCC[C@H]3C(=O)N2OC)cc(OC)c1OC.